The van der Waals surface area contributed by atoms with Crippen LogP contribution in [-0.4, -0.2) is 22.4 Å². The van der Waals surface area contributed by atoms with Crippen LogP contribution in [0.1, 0.15) is 15.5 Å². The van der Waals surface area contributed by atoms with Crippen LogP contribution in [0.3, 0.4) is 0 Å². The molecule has 1 aromatic heterocycles. The maximum absolute atomic E-state index is 12.0. The Morgan fingerprint density at radius 2 is 1.86 bits per heavy atom. The van der Waals surface area contributed by atoms with Gasteiger partial charge in [0.1, 0.15) is 18.1 Å². The van der Waals surface area contributed by atoms with Crippen molar-refractivity contribution in [3.8, 4) is 11.5 Å². The van der Waals surface area contributed by atoms with E-state index in [1.807, 2.05) is 0 Å². The van der Waals surface area contributed by atoms with Crippen LogP contribution in [0.4, 0.5) is 13.2 Å². The average Bonchev–Trinajstić information content (AvgIpc) is 2.85. The number of rotatable bonds is 5. The number of benzene rings is 1. The van der Waals surface area contributed by atoms with E-state index in [0.717, 1.165) is 23.5 Å². The first-order chi connectivity index (χ1) is 9.83. The van der Waals surface area contributed by atoms with Crippen molar-refractivity contribution in [2.24, 2.45) is 0 Å². The Bertz CT molecular complexity index is 624. The number of carbonyl (C=O) groups is 1. The SMILES string of the molecule is O=C(O)c1nc(COc2ccc(OC(F)(F)F)cc2)cs1. The summed E-state index contributed by atoms with van der Waals surface area (Å²) in [6.07, 6.45) is -4.74. The number of nitrogens with zero attached hydrogens (tertiary/aromatic N) is 1. The summed E-state index contributed by atoms with van der Waals surface area (Å²) in [5, 5.41) is 10.2. The molecule has 0 saturated heterocycles. The second-order valence-corrected chi connectivity index (χ2v) is 4.62. The molecule has 1 heterocycles. The summed E-state index contributed by atoms with van der Waals surface area (Å²) in [6, 6.07) is 4.86. The van der Waals surface area contributed by atoms with Crippen LogP contribution in [0.15, 0.2) is 29.6 Å². The number of thiazole rings is 1. The van der Waals surface area contributed by atoms with Gasteiger partial charge in [-0.1, -0.05) is 0 Å². The molecule has 0 atom stereocenters. The first-order valence-corrected chi connectivity index (χ1v) is 6.38. The molecular weight excluding hydrogens is 311 g/mol. The number of hydrogen-bond donors (Lipinski definition) is 1. The van der Waals surface area contributed by atoms with Gasteiger partial charge in [-0.05, 0) is 24.3 Å². The van der Waals surface area contributed by atoms with E-state index in [1.54, 1.807) is 0 Å². The van der Waals surface area contributed by atoms with E-state index in [-0.39, 0.29) is 17.4 Å². The van der Waals surface area contributed by atoms with Gasteiger partial charge >= 0.3 is 12.3 Å². The van der Waals surface area contributed by atoms with E-state index in [1.165, 1.54) is 17.5 Å². The highest BCUT2D eigenvalue weighted by atomic mass is 32.1. The van der Waals surface area contributed by atoms with Gasteiger partial charge in [0, 0.05) is 5.38 Å². The van der Waals surface area contributed by atoms with Crippen LogP contribution < -0.4 is 9.47 Å². The van der Waals surface area contributed by atoms with Gasteiger partial charge in [-0.2, -0.15) is 0 Å². The normalized spacial score (nSPS) is 11.2. The standard InChI is InChI=1S/C12H8F3NO4S/c13-12(14,15)20-9-3-1-8(2-4-9)19-5-7-6-21-10(16-7)11(17)18/h1-4,6H,5H2,(H,17,18). The topological polar surface area (TPSA) is 68.7 Å². The van der Waals surface area contributed by atoms with Crippen LogP contribution in [0.25, 0.3) is 0 Å². The highest BCUT2D eigenvalue weighted by Gasteiger charge is 2.30. The molecule has 112 valence electrons. The minimum atomic E-state index is -4.74. The van der Waals surface area contributed by atoms with Crippen LogP contribution in [0.2, 0.25) is 0 Å². The molecule has 0 aliphatic heterocycles. The fraction of sp³-hybridized carbons (Fsp3) is 0.167. The van der Waals surface area contributed by atoms with E-state index in [9.17, 15) is 18.0 Å². The summed E-state index contributed by atoms with van der Waals surface area (Å²) in [6.45, 7) is 0.0171. The van der Waals surface area contributed by atoms with Crippen LogP contribution in [0.5, 0.6) is 11.5 Å². The molecule has 0 spiro atoms. The summed E-state index contributed by atoms with van der Waals surface area (Å²) in [5.41, 5.74) is 0.424. The number of aromatic carboxylic acids is 1. The van der Waals surface area contributed by atoms with Crippen molar-refractivity contribution >= 4 is 17.3 Å². The summed E-state index contributed by atoms with van der Waals surface area (Å²) in [4.78, 5) is 14.5. The lowest BCUT2D eigenvalue weighted by Crippen LogP contribution is -2.16. The molecule has 0 amide bonds. The third-order valence-electron chi connectivity index (χ3n) is 2.18. The number of halogens is 3. The van der Waals surface area contributed by atoms with Crippen LogP contribution >= 0.6 is 11.3 Å². The van der Waals surface area contributed by atoms with Gasteiger partial charge in [-0.15, -0.1) is 24.5 Å². The maximum atomic E-state index is 12.0. The van der Waals surface area contributed by atoms with E-state index in [4.69, 9.17) is 9.84 Å². The molecule has 9 heteroatoms. The molecule has 0 aliphatic carbocycles. The molecule has 0 bridgehead atoms. The zero-order chi connectivity index (χ0) is 15.5. The summed E-state index contributed by atoms with van der Waals surface area (Å²) < 4.78 is 44.9. The molecule has 0 aliphatic rings. The highest BCUT2D eigenvalue weighted by molar-refractivity contribution is 7.11. The number of carboxylic acid groups (broad SMARTS) is 1. The molecule has 0 unspecified atom stereocenters. The number of carboxylic acids is 1. The van der Waals surface area contributed by atoms with E-state index in [2.05, 4.69) is 9.72 Å². The molecule has 21 heavy (non-hydrogen) atoms. The predicted octanol–water partition coefficient (Wildman–Crippen LogP) is 3.32. The van der Waals surface area contributed by atoms with E-state index < -0.39 is 12.3 Å². The molecule has 1 aromatic carbocycles. The van der Waals surface area contributed by atoms with Crippen molar-refractivity contribution in [1.82, 2.24) is 4.98 Å². The van der Waals surface area contributed by atoms with Crippen molar-refractivity contribution in [3.05, 3.63) is 40.3 Å². The Labute approximate surface area is 120 Å². The zero-order valence-electron chi connectivity index (χ0n) is 10.3. The van der Waals surface area contributed by atoms with Gasteiger partial charge in [0.25, 0.3) is 0 Å². The predicted molar refractivity (Wildman–Crippen MR) is 66.5 cm³/mol. The smallest absolute Gasteiger partial charge is 0.487 e. The fourth-order valence-corrected chi connectivity index (χ4v) is 2.01. The van der Waals surface area contributed by atoms with E-state index in [0.29, 0.717) is 11.4 Å². The second-order valence-electron chi connectivity index (χ2n) is 3.76. The van der Waals surface area contributed by atoms with Gasteiger partial charge in [0.05, 0.1) is 5.69 Å². The second kappa shape index (κ2) is 6.00. The number of ether oxygens (including phenoxy) is 2. The van der Waals surface area contributed by atoms with Gasteiger partial charge in [0.15, 0.2) is 0 Å². The highest BCUT2D eigenvalue weighted by Crippen LogP contribution is 2.25. The van der Waals surface area contributed by atoms with Crippen molar-refractivity contribution in [2.45, 2.75) is 13.0 Å². The number of hydrogen-bond acceptors (Lipinski definition) is 5. The molecule has 2 aromatic rings. The Balaban J connectivity index is 1.92. The Morgan fingerprint density at radius 3 is 2.38 bits per heavy atom. The van der Waals surface area contributed by atoms with Crippen molar-refractivity contribution in [1.29, 1.82) is 0 Å². The number of aromatic nitrogens is 1. The number of alkyl halides is 3. The summed E-state index contributed by atoms with van der Waals surface area (Å²) in [5.74, 6) is -1.16. The third kappa shape index (κ3) is 4.63. The molecule has 1 N–H and O–H groups in total. The van der Waals surface area contributed by atoms with Gasteiger partial charge in [-0.3, -0.25) is 0 Å². The molecular formula is C12H8F3NO4S. The first-order valence-electron chi connectivity index (χ1n) is 5.50. The third-order valence-corrected chi connectivity index (χ3v) is 3.06. The van der Waals surface area contributed by atoms with Gasteiger partial charge in [0.2, 0.25) is 5.01 Å². The average molecular weight is 319 g/mol. The molecule has 2 rings (SSSR count). The van der Waals surface area contributed by atoms with Crippen molar-refractivity contribution in [2.75, 3.05) is 0 Å². The molecule has 0 saturated carbocycles. The summed E-state index contributed by atoms with van der Waals surface area (Å²) >= 11 is 0.966. The monoisotopic (exact) mass is 319 g/mol. The fourth-order valence-electron chi connectivity index (χ4n) is 1.37. The van der Waals surface area contributed by atoms with Crippen LogP contribution in [-0.2, 0) is 6.61 Å². The van der Waals surface area contributed by atoms with Crippen molar-refractivity contribution in [3.63, 3.8) is 0 Å². The lowest BCUT2D eigenvalue weighted by Gasteiger charge is -2.09. The Hall–Kier alpha value is -2.29. The van der Waals surface area contributed by atoms with Crippen LogP contribution in [0, 0.1) is 0 Å². The maximum Gasteiger partial charge on any atom is 0.573 e. The lowest BCUT2D eigenvalue weighted by atomic mass is 10.3. The lowest BCUT2D eigenvalue weighted by molar-refractivity contribution is -0.274. The summed E-state index contributed by atoms with van der Waals surface area (Å²) in [7, 11) is 0. The van der Waals surface area contributed by atoms with E-state index >= 15 is 0 Å². The Morgan fingerprint density at radius 1 is 1.24 bits per heavy atom. The molecule has 0 fully saturated rings. The van der Waals surface area contributed by atoms with Gasteiger partial charge < -0.3 is 14.6 Å². The molecule has 0 radical (unpaired) electrons. The molecule has 5 nitrogen and oxygen atoms in total. The quantitative estimate of drug-likeness (QED) is 0.915. The Kier molecular flexibility index (Phi) is 4.32. The zero-order valence-corrected chi connectivity index (χ0v) is 11.1. The largest absolute Gasteiger partial charge is 0.573 e. The minimum Gasteiger partial charge on any atom is -0.487 e. The first kappa shape index (κ1) is 15.1. The van der Waals surface area contributed by atoms with Gasteiger partial charge in [-0.25, -0.2) is 9.78 Å². The minimum absolute atomic E-state index is 0.0171. The van der Waals surface area contributed by atoms with Crippen molar-refractivity contribution < 1.29 is 32.5 Å².